The molecule has 0 radical (unpaired) electrons. The Balaban J connectivity index is 2.35. The van der Waals surface area contributed by atoms with Gasteiger partial charge in [0.2, 0.25) is 0 Å². The van der Waals surface area contributed by atoms with Crippen molar-refractivity contribution >= 4 is 45.2 Å². The first-order chi connectivity index (χ1) is 8.42. The summed E-state index contributed by atoms with van der Waals surface area (Å²) >= 11 is 8.20. The highest BCUT2D eigenvalue weighted by molar-refractivity contribution is 14.1. The molecule has 18 heavy (non-hydrogen) atoms. The molecule has 2 aromatic rings. The first kappa shape index (κ1) is 12.7. The van der Waals surface area contributed by atoms with E-state index >= 15 is 0 Å². The molecule has 0 N–H and O–H groups in total. The summed E-state index contributed by atoms with van der Waals surface area (Å²) in [6, 6.07) is 3.37. The third-order valence-electron chi connectivity index (χ3n) is 3.59. The van der Waals surface area contributed by atoms with Crippen molar-refractivity contribution in [3.05, 3.63) is 27.3 Å². The van der Waals surface area contributed by atoms with Crippen LogP contribution < -0.4 is 0 Å². The lowest BCUT2D eigenvalue weighted by molar-refractivity contribution is 0.521. The van der Waals surface area contributed by atoms with E-state index in [1.165, 1.54) is 0 Å². The highest BCUT2D eigenvalue weighted by atomic mass is 127. The molecule has 0 spiro atoms. The minimum Gasteiger partial charge on any atom is -0.321 e. The number of aromatic nitrogens is 2. The van der Waals surface area contributed by atoms with Gasteiger partial charge in [-0.2, -0.15) is 0 Å². The van der Waals surface area contributed by atoms with Crippen molar-refractivity contribution in [3.8, 4) is 0 Å². The van der Waals surface area contributed by atoms with Crippen LogP contribution in [0.2, 0.25) is 0 Å². The van der Waals surface area contributed by atoms with E-state index in [9.17, 15) is 4.39 Å². The molecule has 1 aromatic heterocycles. The Bertz CT molecular complexity index is 631. The molecule has 0 aliphatic heterocycles. The minimum absolute atomic E-state index is 0.0620. The second-order valence-corrected chi connectivity index (χ2v) is 6.99. The Morgan fingerprint density at radius 2 is 2.17 bits per heavy atom. The molecule has 1 fully saturated rings. The number of hydrogen-bond acceptors (Lipinski definition) is 1. The predicted molar refractivity (Wildman–Crippen MR) is 79.6 cm³/mol. The number of imidazole rings is 1. The molecule has 1 aromatic carbocycles. The van der Waals surface area contributed by atoms with Crippen LogP contribution in [-0.2, 0) is 5.54 Å². The van der Waals surface area contributed by atoms with Crippen molar-refractivity contribution in [1.82, 2.24) is 9.55 Å². The van der Waals surface area contributed by atoms with Crippen LogP contribution in [0.3, 0.4) is 0 Å². The maximum atomic E-state index is 13.8. The number of fused-ring (bicyclic) bond motifs is 1. The third-order valence-corrected chi connectivity index (χ3v) is 4.61. The fraction of sp³-hybridized carbons (Fsp3) is 0.462. The molecular weight excluding hydrogens is 366 g/mol. The molecule has 2 nitrogen and oxygen atoms in total. The molecule has 1 aliphatic carbocycles. The molecule has 0 saturated heterocycles. The van der Waals surface area contributed by atoms with Crippen LogP contribution in [0, 0.1) is 9.39 Å². The van der Waals surface area contributed by atoms with Gasteiger partial charge in [0, 0.05) is 11.6 Å². The predicted octanol–water partition coefficient (Wildman–Crippen LogP) is 4.59. The summed E-state index contributed by atoms with van der Waals surface area (Å²) in [4.78, 5) is 4.58. The van der Waals surface area contributed by atoms with Gasteiger partial charge in [-0.3, -0.25) is 0 Å². The van der Waals surface area contributed by atoms with Gasteiger partial charge in [-0.05, 0) is 55.3 Å². The average Bonchev–Trinajstić information content (AvgIpc) is 2.90. The molecule has 5 heteroatoms. The van der Waals surface area contributed by atoms with Crippen LogP contribution in [0.4, 0.5) is 4.39 Å². The van der Waals surface area contributed by atoms with Crippen molar-refractivity contribution in [2.45, 2.75) is 37.6 Å². The lowest BCUT2D eigenvalue weighted by Crippen LogP contribution is -2.16. The van der Waals surface area contributed by atoms with E-state index in [1.54, 1.807) is 12.1 Å². The fourth-order valence-electron chi connectivity index (χ4n) is 2.33. The van der Waals surface area contributed by atoms with E-state index in [-0.39, 0.29) is 16.7 Å². The first-order valence-corrected chi connectivity index (χ1v) is 7.46. The molecular formula is C13H13ClFIN2. The van der Waals surface area contributed by atoms with Crippen LogP contribution in [0.15, 0.2) is 12.1 Å². The molecule has 1 unspecified atom stereocenters. The zero-order valence-corrected chi connectivity index (χ0v) is 13.1. The summed E-state index contributed by atoms with van der Waals surface area (Å²) in [5, 5.41) is -0.171. The Labute approximate surface area is 124 Å². The van der Waals surface area contributed by atoms with E-state index in [2.05, 4.69) is 16.5 Å². The standard InChI is InChI=1S/C13H13ClFIN2/c1-7(14)12-17-10-6-9(16)8(15)5-11(10)18(12)13(2)3-4-13/h5-7H,3-4H2,1-2H3. The maximum Gasteiger partial charge on any atom is 0.138 e. The van der Waals surface area contributed by atoms with Crippen molar-refractivity contribution in [3.63, 3.8) is 0 Å². The molecule has 0 amide bonds. The van der Waals surface area contributed by atoms with E-state index in [0.29, 0.717) is 3.57 Å². The minimum atomic E-state index is -0.192. The van der Waals surface area contributed by atoms with Gasteiger partial charge in [0.05, 0.1) is 20.0 Å². The van der Waals surface area contributed by atoms with Crippen LogP contribution in [-0.4, -0.2) is 9.55 Å². The largest absolute Gasteiger partial charge is 0.321 e. The van der Waals surface area contributed by atoms with Crippen molar-refractivity contribution in [1.29, 1.82) is 0 Å². The number of benzene rings is 1. The van der Waals surface area contributed by atoms with Gasteiger partial charge in [-0.15, -0.1) is 11.6 Å². The fourth-order valence-corrected chi connectivity index (χ4v) is 2.93. The van der Waals surface area contributed by atoms with Gasteiger partial charge in [0.1, 0.15) is 11.6 Å². The summed E-state index contributed by atoms with van der Waals surface area (Å²) in [6.45, 7) is 4.08. The van der Waals surface area contributed by atoms with Crippen molar-refractivity contribution in [2.75, 3.05) is 0 Å². The summed E-state index contributed by atoms with van der Waals surface area (Å²) in [5.74, 6) is 0.648. The quantitative estimate of drug-likeness (QED) is 0.552. The normalized spacial score (nSPS) is 19.2. The van der Waals surface area contributed by atoms with Crippen LogP contribution in [0.1, 0.15) is 37.9 Å². The SMILES string of the molecule is CC(Cl)c1nc2cc(I)c(F)cc2n1C1(C)CC1. The van der Waals surface area contributed by atoms with E-state index in [0.717, 1.165) is 29.7 Å². The molecule has 96 valence electrons. The third kappa shape index (κ3) is 1.84. The van der Waals surface area contributed by atoms with Gasteiger partial charge in [0.15, 0.2) is 0 Å². The maximum absolute atomic E-state index is 13.8. The van der Waals surface area contributed by atoms with Crippen LogP contribution in [0.5, 0.6) is 0 Å². The highest BCUT2D eigenvalue weighted by Gasteiger charge is 2.42. The molecule has 1 heterocycles. The summed E-state index contributed by atoms with van der Waals surface area (Å²) < 4.78 is 16.5. The summed E-state index contributed by atoms with van der Waals surface area (Å²) in [6.07, 6.45) is 2.20. The molecule has 1 aliphatic rings. The zero-order chi connectivity index (χ0) is 13.1. The van der Waals surface area contributed by atoms with E-state index < -0.39 is 0 Å². The second-order valence-electron chi connectivity index (χ2n) is 5.17. The van der Waals surface area contributed by atoms with E-state index in [1.807, 2.05) is 29.5 Å². The first-order valence-electron chi connectivity index (χ1n) is 5.94. The van der Waals surface area contributed by atoms with Gasteiger partial charge >= 0.3 is 0 Å². The number of alkyl halides is 1. The van der Waals surface area contributed by atoms with E-state index in [4.69, 9.17) is 11.6 Å². The van der Waals surface area contributed by atoms with Crippen LogP contribution >= 0.6 is 34.2 Å². The number of halogens is 3. The smallest absolute Gasteiger partial charge is 0.138 e. The van der Waals surface area contributed by atoms with Gasteiger partial charge in [-0.25, -0.2) is 9.37 Å². The lowest BCUT2D eigenvalue weighted by atomic mass is 10.2. The van der Waals surface area contributed by atoms with Crippen LogP contribution in [0.25, 0.3) is 11.0 Å². The molecule has 3 rings (SSSR count). The second kappa shape index (κ2) is 4.07. The summed E-state index contributed by atoms with van der Waals surface area (Å²) in [5.41, 5.74) is 1.75. The summed E-state index contributed by atoms with van der Waals surface area (Å²) in [7, 11) is 0. The van der Waals surface area contributed by atoms with Gasteiger partial charge < -0.3 is 4.57 Å². The Morgan fingerprint density at radius 3 is 2.72 bits per heavy atom. The van der Waals surface area contributed by atoms with Crippen molar-refractivity contribution < 1.29 is 4.39 Å². The monoisotopic (exact) mass is 378 g/mol. The topological polar surface area (TPSA) is 17.8 Å². The Kier molecular flexibility index (Phi) is 2.86. The lowest BCUT2D eigenvalue weighted by Gasteiger charge is -2.17. The van der Waals surface area contributed by atoms with Gasteiger partial charge in [0.25, 0.3) is 0 Å². The molecule has 0 bridgehead atoms. The van der Waals surface area contributed by atoms with Crippen molar-refractivity contribution in [2.24, 2.45) is 0 Å². The Morgan fingerprint density at radius 1 is 1.50 bits per heavy atom. The number of rotatable bonds is 2. The molecule has 1 atom stereocenters. The number of hydrogen-bond donors (Lipinski definition) is 0. The van der Waals surface area contributed by atoms with Gasteiger partial charge in [-0.1, -0.05) is 0 Å². The highest BCUT2D eigenvalue weighted by Crippen LogP contribution is 2.47. The average molecular weight is 379 g/mol. The zero-order valence-electron chi connectivity index (χ0n) is 10.2. The molecule has 1 saturated carbocycles. The Hall–Kier alpha value is -0.360. The number of nitrogens with zero attached hydrogens (tertiary/aromatic N) is 2.